The van der Waals surface area contributed by atoms with Crippen LogP contribution in [-0.4, -0.2) is 17.0 Å². The average molecular weight is 270 g/mol. The lowest BCUT2D eigenvalue weighted by atomic mass is 10.1. The van der Waals surface area contributed by atoms with E-state index in [4.69, 9.17) is 5.73 Å². The van der Waals surface area contributed by atoms with Crippen molar-refractivity contribution in [3.63, 3.8) is 0 Å². The summed E-state index contributed by atoms with van der Waals surface area (Å²) >= 11 is 0. The molecule has 0 aliphatic heterocycles. The predicted molar refractivity (Wildman–Crippen MR) is 82.5 cm³/mol. The maximum Gasteiger partial charge on any atom is 0.0600 e. The molecule has 106 valence electrons. The molecule has 1 atom stereocenters. The number of nitrogens with two attached hydrogens (primary N) is 1. The first-order chi connectivity index (χ1) is 9.60. The van der Waals surface area contributed by atoms with E-state index in [1.54, 1.807) is 0 Å². The molecule has 2 rings (SSSR count). The Morgan fingerprint density at radius 3 is 2.65 bits per heavy atom. The van der Waals surface area contributed by atoms with Crippen molar-refractivity contribution < 1.29 is 0 Å². The van der Waals surface area contributed by atoms with E-state index in [0.717, 1.165) is 35.7 Å². The number of hydrogen-bond acceptors (Lipinski definition) is 4. The van der Waals surface area contributed by atoms with Crippen molar-refractivity contribution in [1.82, 2.24) is 9.97 Å². The fourth-order valence-corrected chi connectivity index (χ4v) is 2.07. The summed E-state index contributed by atoms with van der Waals surface area (Å²) in [5, 5.41) is 0. The van der Waals surface area contributed by atoms with E-state index in [9.17, 15) is 0 Å². The van der Waals surface area contributed by atoms with E-state index in [0.29, 0.717) is 0 Å². The lowest BCUT2D eigenvalue weighted by Crippen LogP contribution is -2.18. The van der Waals surface area contributed by atoms with Crippen LogP contribution in [0.5, 0.6) is 0 Å². The molecule has 0 amide bonds. The van der Waals surface area contributed by atoms with Crippen LogP contribution in [0.15, 0.2) is 36.5 Å². The molecule has 2 aromatic heterocycles. The molecule has 0 bridgehead atoms. The first-order valence-corrected chi connectivity index (χ1v) is 6.95. The molecule has 0 aromatic carbocycles. The lowest BCUT2D eigenvalue weighted by Gasteiger charge is -2.19. The Bertz CT molecular complexity index is 551. The number of rotatable bonds is 5. The van der Waals surface area contributed by atoms with Gasteiger partial charge in [0.15, 0.2) is 0 Å². The molecule has 0 unspecified atom stereocenters. The van der Waals surface area contributed by atoms with Gasteiger partial charge in [-0.25, -0.2) is 0 Å². The Morgan fingerprint density at radius 1 is 1.25 bits per heavy atom. The topological polar surface area (TPSA) is 55.0 Å². The molecular formula is C16H22N4. The first kappa shape index (κ1) is 14.5. The molecular weight excluding hydrogens is 248 g/mol. The van der Waals surface area contributed by atoms with E-state index in [1.807, 2.05) is 44.4 Å². The van der Waals surface area contributed by atoms with Gasteiger partial charge in [0.05, 0.1) is 29.8 Å². The molecule has 4 heteroatoms. The van der Waals surface area contributed by atoms with Gasteiger partial charge in [-0.05, 0) is 37.6 Å². The highest BCUT2D eigenvalue weighted by molar-refractivity contribution is 5.44. The van der Waals surface area contributed by atoms with Gasteiger partial charge >= 0.3 is 0 Å². The summed E-state index contributed by atoms with van der Waals surface area (Å²) in [6, 6.07) is 10.2. The van der Waals surface area contributed by atoms with E-state index < -0.39 is 0 Å². The predicted octanol–water partition coefficient (Wildman–Crippen LogP) is 2.83. The zero-order chi connectivity index (χ0) is 14.5. The molecule has 0 aliphatic rings. The van der Waals surface area contributed by atoms with Crippen LogP contribution in [-0.2, 0) is 6.54 Å². The fraction of sp³-hybridized carbons (Fsp3) is 0.375. The van der Waals surface area contributed by atoms with Crippen molar-refractivity contribution in [3.8, 4) is 0 Å². The molecule has 0 aliphatic carbocycles. The second-order valence-electron chi connectivity index (χ2n) is 5.08. The minimum atomic E-state index is 0.0211. The number of aryl methyl sites for hydroxylation is 1. The van der Waals surface area contributed by atoms with Crippen LogP contribution < -0.4 is 10.6 Å². The molecule has 2 heterocycles. The number of nitrogens with zero attached hydrogens (tertiary/aromatic N) is 3. The van der Waals surface area contributed by atoms with Crippen molar-refractivity contribution in [3.05, 3.63) is 53.6 Å². The molecule has 0 fully saturated rings. The summed E-state index contributed by atoms with van der Waals surface area (Å²) in [7, 11) is 2.04. The van der Waals surface area contributed by atoms with Crippen LogP contribution in [0.4, 0.5) is 5.69 Å². The zero-order valence-electron chi connectivity index (χ0n) is 12.4. The molecule has 0 saturated carbocycles. The fourth-order valence-electron chi connectivity index (χ4n) is 2.07. The van der Waals surface area contributed by atoms with Crippen molar-refractivity contribution in [2.45, 2.75) is 32.9 Å². The Labute approximate surface area is 120 Å². The monoisotopic (exact) mass is 270 g/mol. The third kappa shape index (κ3) is 3.54. The van der Waals surface area contributed by atoms with Gasteiger partial charge < -0.3 is 10.6 Å². The zero-order valence-corrected chi connectivity index (χ0v) is 12.4. The van der Waals surface area contributed by atoms with Crippen LogP contribution in [0.3, 0.4) is 0 Å². The quantitative estimate of drug-likeness (QED) is 0.907. The maximum atomic E-state index is 5.97. The normalized spacial score (nSPS) is 12.2. The third-order valence-corrected chi connectivity index (χ3v) is 3.38. The lowest BCUT2D eigenvalue weighted by molar-refractivity contribution is 0.675. The second-order valence-corrected chi connectivity index (χ2v) is 5.08. The molecule has 0 saturated heterocycles. The number of pyridine rings is 2. The van der Waals surface area contributed by atoms with Gasteiger partial charge in [0.2, 0.25) is 0 Å². The molecule has 4 nitrogen and oxygen atoms in total. The highest BCUT2D eigenvalue weighted by Gasteiger charge is 2.07. The summed E-state index contributed by atoms with van der Waals surface area (Å²) in [5.41, 5.74) is 10.1. The molecule has 0 radical (unpaired) electrons. The largest absolute Gasteiger partial charge is 0.367 e. The molecule has 2 N–H and O–H groups in total. The van der Waals surface area contributed by atoms with Crippen LogP contribution in [0.2, 0.25) is 0 Å². The van der Waals surface area contributed by atoms with E-state index in [1.165, 1.54) is 0 Å². The van der Waals surface area contributed by atoms with E-state index in [2.05, 4.69) is 27.9 Å². The van der Waals surface area contributed by atoms with Gasteiger partial charge in [-0.15, -0.1) is 0 Å². The second kappa shape index (κ2) is 6.48. The summed E-state index contributed by atoms with van der Waals surface area (Å²) < 4.78 is 0. The Morgan fingerprint density at radius 2 is 2.05 bits per heavy atom. The van der Waals surface area contributed by atoms with Crippen LogP contribution in [0.25, 0.3) is 0 Å². The van der Waals surface area contributed by atoms with Crippen LogP contribution in [0.1, 0.15) is 36.5 Å². The minimum absolute atomic E-state index is 0.0211. The minimum Gasteiger partial charge on any atom is -0.367 e. The van der Waals surface area contributed by atoms with Crippen molar-refractivity contribution in [2.75, 3.05) is 11.9 Å². The number of aromatic nitrogens is 2. The first-order valence-electron chi connectivity index (χ1n) is 6.95. The maximum absolute atomic E-state index is 5.97. The molecule has 2 aromatic rings. The number of anilines is 1. The number of hydrogen-bond donors (Lipinski definition) is 1. The van der Waals surface area contributed by atoms with Gasteiger partial charge in [0.25, 0.3) is 0 Å². The smallest absolute Gasteiger partial charge is 0.0600 e. The van der Waals surface area contributed by atoms with Gasteiger partial charge in [0, 0.05) is 18.8 Å². The van der Waals surface area contributed by atoms with Gasteiger partial charge in [-0.3, -0.25) is 9.97 Å². The average Bonchev–Trinajstić information content (AvgIpc) is 2.46. The summed E-state index contributed by atoms with van der Waals surface area (Å²) in [6.07, 6.45) is 2.77. The summed E-state index contributed by atoms with van der Waals surface area (Å²) in [4.78, 5) is 11.1. The van der Waals surface area contributed by atoms with Crippen molar-refractivity contribution in [1.29, 1.82) is 0 Å². The Balaban J connectivity index is 2.07. The Hall–Kier alpha value is -1.94. The van der Waals surface area contributed by atoms with Crippen molar-refractivity contribution in [2.24, 2.45) is 5.73 Å². The summed E-state index contributed by atoms with van der Waals surface area (Å²) in [5.74, 6) is 0. The van der Waals surface area contributed by atoms with Gasteiger partial charge in [-0.1, -0.05) is 13.0 Å². The third-order valence-electron chi connectivity index (χ3n) is 3.38. The van der Waals surface area contributed by atoms with Crippen molar-refractivity contribution >= 4 is 5.69 Å². The summed E-state index contributed by atoms with van der Waals surface area (Å²) in [6.45, 7) is 4.84. The molecule has 20 heavy (non-hydrogen) atoms. The van der Waals surface area contributed by atoms with Gasteiger partial charge in [-0.2, -0.15) is 0 Å². The SMILES string of the molecule is CC[C@@H](N)c1ccc(N(C)Cc2cccc(C)n2)cn1. The van der Waals surface area contributed by atoms with Gasteiger partial charge in [0.1, 0.15) is 0 Å². The Kier molecular flexibility index (Phi) is 4.69. The van der Waals surface area contributed by atoms with Crippen LogP contribution in [0, 0.1) is 6.92 Å². The van der Waals surface area contributed by atoms with E-state index >= 15 is 0 Å². The van der Waals surface area contributed by atoms with E-state index in [-0.39, 0.29) is 6.04 Å². The highest BCUT2D eigenvalue weighted by Crippen LogP contribution is 2.17. The highest BCUT2D eigenvalue weighted by atomic mass is 15.1. The molecule has 0 spiro atoms. The standard InChI is InChI=1S/C16H22N4/c1-4-15(17)16-9-8-14(10-18-16)20(3)11-13-7-5-6-12(2)19-13/h5-10,15H,4,11,17H2,1-3H3/t15-/m1/s1. The van der Waals surface area contributed by atoms with Crippen LogP contribution >= 0.6 is 0 Å².